The summed E-state index contributed by atoms with van der Waals surface area (Å²) in [5, 5.41) is 12.1. The summed E-state index contributed by atoms with van der Waals surface area (Å²) < 4.78 is 0. The number of amides is 2. The molecule has 2 N–H and O–H groups in total. The number of rotatable bonds is 2. The van der Waals surface area contributed by atoms with Crippen molar-refractivity contribution in [2.24, 2.45) is 5.92 Å². The van der Waals surface area contributed by atoms with E-state index in [0.29, 0.717) is 25.9 Å². The minimum Gasteiger partial charge on any atom is -0.481 e. The lowest BCUT2D eigenvalue weighted by Crippen LogP contribution is -2.46. The predicted molar refractivity (Wildman–Crippen MR) is 82.7 cm³/mol. The second-order valence-electron chi connectivity index (χ2n) is 6.34. The van der Waals surface area contributed by atoms with Crippen LogP contribution in [0.2, 0.25) is 0 Å². The highest BCUT2D eigenvalue weighted by atomic mass is 16.4. The van der Waals surface area contributed by atoms with Gasteiger partial charge in [0.2, 0.25) is 0 Å². The number of aryl methyl sites for hydroxylation is 2. The molecule has 0 spiro atoms. The average molecular weight is 302 g/mol. The quantitative estimate of drug-likeness (QED) is 0.882. The number of carbonyl (C=O) groups is 2. The third-order valence-corrected chi connectivity index (χ3v) is 4.81. The zero-order valence-corrected chi connectivity index (χ0v) is 12.8. The van der Waals surface area contributed by atoms with Crippen LogP contribution in [0.5, 0.6) is 0 Å². The summed E-state index contributed by atoms with van der Waals surface area (Å²) in [5.74, 6) is -1.06. The Labute approximate surface area is 130 Å². The highest BCUT2D eigenvalue weighted by Crippen LogP contribution is 2.32. The minimum atomic E-state index is -0.750. The molecule has 1 atom stereocenters. The summed E-state index contributed by atoms with van der Waals surface area (Å²) in [6.07, 6.45) is 3.03. The molecule has 2 aliphatic rings. The SMILES string of the molecule is Cc1ccc2c(c1)CCC2NC(=O)N1CCC(C(=O)O)CC1. The van der Waals surface area contributed by atoms with Crippen molar-refractivity contribution >= 4 is 12.0 Å². The van der Waals surface area contributed by atoms with Crippen molar-refractivity contribution < 1.29 is 14.7 Å². The maximum Gasteiger partial charge on any atom is 0.317 e. The largest absolute Gasteiger partial charge is 0.481 e. The van der Waals surface area contributed by atoms with Crippen LogP contribution in [0.4, 0.5) is 4.79 Å². The minimum absolute atomic E-state index is 0.0673. The smallest absolute Gasteiger partial charge is 0.317 e. The van der Waals surface area contributed by atoms with Crippen molar-refractivity contribution in [1.82, 2.24) is 10.2 Å². The molecule has 1 unspecified atom stereocenters. The van der Waals surface area contributed by atoms with E-state index in [1.54, 1.807) is 4.90 Å². The number of benzene rings is 1. The van der Waals surface area contributed by atoms with Crippen molar-refractivity contribution in [1.29, 1.82) is 0 Å². The molecule has 3 rings (SSSR count). The van der Waals surface area contributed by atoms with Crippen LogP contribution in [0.3, 0.4) is 0 Å². The fourth-order valence-electron chi connectivity index (χ4n) is 3.47. The Morgan fingerprint density at radius 3 is 2.64 bits per heavy atom. The van der Waals surface area contributed by atoms with Gasteiger partial charge in [-0.25, -0.2) is 4.79 Å². The van der Waals surface area contributed by atoms with Crippen molar-refractivity contribution in [2.75, 3.05) is 13.1 Å². The third kappa shape index (κ3) is 2.93. The molecule has 1 aromatic rings. The molecule has 118 valence electrons. The van der Waals surface area contributed by atoms with E-state index in [1.165, 1.54) is 16.7 Å². The van der Waals surface area contributed by atoms with E-state index in [9.17, 15) is 9.59 Å². The number of nitrogens with one attached hydrogen (secondary N) is 1. The Morgan fingerprint density at radius 1 is 1.23 bits per heavy atom. The van der Waals surface area contributed by atoms with Crippen molar-refractivity contribution in [3.8, 4) is 0 Å². The molecular weight excluding hydrogens is 280 g/mol. The van der Waals surface area contributed by atoms with Crippen LogP contribution in [0.1, 0.15) is 42.0 Å². The van der Waals surface area contributed by atoms with Gasteiger partial charge >= 0.3 is 12.0 Å². The Morgan fingerprint density at radius 2 is 1.95 bits per heavy atom. The van der Waals surface area contributed by atoms with Crippen LogP contribution in [0, 0.1) is 12.8 Å². The number of urea groups is 1. The first-order valence-corrected chi connectivity index (χ1v) is 7.92. The number of carboxylic acid groups (broad SMARTS) is 1. The second-order valence-corrected chi connectivity index (χ2v) is 6.34. The summed E-state index contributed by atoms with van der Waals surface area (Å²) in [6.45, 7) is 3.13. The number of nitrogens with zero attached hydrogens (tertiary/aromatic N) is 1. The van der Waals surface area contributed by atoms with Crippen LogP contribution in [-0.4, -0.2) is 35.1 Å². The van der Waals surface area contributed by atoms with Crippen LogP contribution in [0.25, 0.3) is 0 Å². The van der Waals surface area contributed by atoms with Gasteiger partial charge in [-0.1, -0.05) is 23.8 Å². The van der Waals surface area contributed by atoms with E-state index < -0.39 is 5.97 Å². The molecule has 1 aliphatic heterocycles. The monoisotopic (exact) mass is 302 g/mol. The number of likely N-dealkylation sites (tertiary alicyclic amines) is 1. The van der Waals surface area contributed by atoms with Crippen LogP contribution >= 0.6 is 0 Å². The topological polar surface area (TPSA) is 69.6 Å². The van der Waals surface area contributed by atoms with Crippen LogP contribution < -0.4 is 5.32 Å². The van der Waals surface area contributed by atoms with Crippen molar-refractivity contribution in [3.63, 3.8) is 0 Å². The Hall–Kier alpha value is -2.04. The van der Waals surface area contributed by atoms with Crippen LogP contribution in [0.15, 0.2) is 18.2 Å². The molecule has 5 heteroatoms. The van der Waals surface area contributed by atoms with Gasteiger partial charge in [0.25, 0.3) is 0 Å². The number of aliphatic carboxylic acids is 1. The number of hydrogen-bond acceptors (Lipinski definition) is 2. The van der Waals surface area contributed by atoms with Crippen molar-refractivity contribution in [3.05, 3.63) is 34.9 Å². The molecule has 0 saturated carbocycles. The van der Waals surface area contributed by atoms with Gasteiger partial charge in [-0.15, -0.1) is 0 Å². The van der Waals surface area contributed by atoms with E-state index in [1.807, 2.05) is 0 Å². The van der Waals surface area contributed by atoms with E-state index >= 15 is 0 Å². The Kier molecular flexibility index (Phi) is 4.05. The zero-order chi connectivity index (χ0) is 15.7. The molecule has 1 fully saturated rings. The van der Waals surface area contributed by atoms with E-state index in [2.05, 4.69) is 30.4 Å². The summed E-state index contributed by atoms with van der Waals surface area (Å²) in [7, 11) is 0. The van der Waals surface area contributed by atoms with Crippen LogP contribution in [-0.2, 0) is 11.2 Å². The van der Waals surface area contributed by atoms with Gasteiger partial charge in [-0.05, 0) is 43.7 Å². The summed E-state index contributed by atoms with van der Waals surface area (Å²) >= 11 is 0. The molecule has 22 heavy (non-hydrogen) atoms. The third-order valence-electron chi connectivity index (χ3n) is 4.81. The fourth-order valence-corrected chi connectivity index (χ4v) is 3.47. The van der Waals surface area contributed by atoms with Gasteiger partial charge in [0, 0.05) is 13.1 Å². The molecule has 1 aliphatic carbocycles. The standard InChI is InChI=1S/C17H22N2O3/c1-11-2-4-14-13(10-11)3-5-15(14)18-17(22)19-8-6-12(7-9-19)16(20)21/h2,4,10,12,15H,3,5-9H2,1H3,(H,18,22)(H,20,21). The van der Waals surface area contributed by atoms with Gasteiger partial charge in [0.05, 0.1) is 12.0 Å². The molecule has 1 aromatic carbocycles. The Bertz CT molecular complexity index is 592. The zero-order valence-electron chi connectivity index (χ0n) is 12.8. The Balaban J connectivity index is 1.59. The van der Waals surface area contributed by atoms with Gasteiger partial charge in [0.15, 0.2) is 0 Å². The molecule has 5 nitrogen and oxygen atoms in total. The first-order chi connectivity index (χ1) is 10.5. The van der Waals surface area contributed by atoms with E-state index in [-0.39, 0.29) is 18.0 Å². The molecule has 0 aromatic heterocycles. The molecule has 2 amide bonds. The number of carbonyl (C=O) groups excluding carboxylic acids is 1. The fraction of sp³-hybridized carbons (Fsp3) is 0.529. The molecule has 0 radical (unpaired) electrons. The van der Waals surface area contributed by atoms with Crippen molar-refractivity contribution in [2.45, 2.75) is 38.6 Å². The molecule has 0 bridgehead atoms. The molecular formula is C17H22N2O3. The number of piperidine rings is 1. The maximum absolute atomic E-state index is 12.4. The summed E-state index contributed by atoms with van der Waals surface area (Å²) in [4.78, 5) is 25.1. The summed E-state index contributed by atoms with van der Waals surface area (Å²) in [6, 6.07) is 6.41. The summed E-state index contributed by atoms with van der Waals surface area (Å²) in [5.41, 5.74) is 3.80. The van der Waals surface area contributed by atoms with E-state index in [4.69, 9.17) is 5.11 Å². The number of carboxylic acids is 1. The highest BCUT2D eigenvalue weighted by molar-refractivity contribution is 5.76. The van der Waals surface area contributed by atoms with E-state index in [0.717, 1.165) is 12.8 Å². The lowest BCUT2D eigenvalue weighted by atomic mass is 9.97. The first-order valence-electron chi connectivity index (χ1n) is 7.92. The number of hydrogen-bond donors (Lipinski definition) is 2. The lowest BCUT2D eigenvalue weighted by molar-refractivity contribution is -0.143. The first kappa shape index (κ1) is 14.9. The van der Waals surface area contributed by atoms with Gasteiger partial charge < -0.3 is 15.3 Å². The average Bonchev–Trinajstić information content (AvgIpc) is 2.89. The normalized spacial score (nSPS) is 21.5. The predicted octanol–water partition coefficient (Wildman–Crippen LogP) is 2.49. The van der Waals surface area contributed by atoms with Gasteiger partial charge in [-0.3, -0.25) is 4.79 Å². The van der Waals surface area contributed by atoms with Gasteiger partial charge in [0.1, 0.15) is 0 Å². The lowest BCUT2D eigenvalue weighted by Gasteiger charge is -2.31. The number of fused-ring (bicyclic) bond motifs is 1. The van der Waals surface area contributed by atoms with Gasteiger partial charge in [-0.2, -0.15) is 0 Å². The second kappa shape index (κ2) is 5.99. The molecule has 1 saturated heterocycles. The maximum atomic E-state index is 12.4. The highest BCUT2D eigenvalue weighted by Gasteiger charge is 2.29. The molecule has 1 heterocycles.